The van der Waals surface area contributed by atoms with Gasteiger partial charge in [0.1, 0.15) is 6.54 Å². The summed E-state index contributed by atoms with van der Waals surface area (Å²) in [6.07, 6.45) is 6.01. The van der Waals surface area contributed by atoms with E-state index in [9.17, 15) is 9.59 Å². The molecule has 1 atom stereocenters. The molecule has 4 rings (SSSR count). The number of likely N-dealkylation sites (tertiary alicyclic amines) is 1. The zero-order valence-electron chi connectivity index (χ0n) is 20.5. The predicted molar refractivity (Wildman–Crippen MR) is 130 cm³/mol. The van der Waals surface area contributed by atoms with Crippen molar-refractivity contribution < 1.29 is 9.59 Å². The Balaban J connectivity index is 1.48. The number of likely N-dealkylation sites (N-methyl/N-ethyl adjacent to an activating group) is 1. The maximum absolute atomic E-state index is 13.2. The van der Waals surface area contributed by atoms with Gasteiger partial charge in [0.25, 0.3) is 5.91 Å². The molecule has 0 N–H and O–H groups in total. The van der Waals surface area contributed by atoms with Crippen molar-refractivity contribution in [1.29, 1.82) is 0 Å². The highest BCUT2D eigenvalue weighted by atomic mass is 16.2. The van der Waals surface area contributed by atoms with Crippen LogP contribution in [0.25, 0.3) is 0 Å². The van der Waals surface area contributed by atoms with E-state index in [1.807, 2.05) is 55.2 Å². The van der Waals surface area contributed by atoms with Gasteiger partial charge >= 0.3 is 0 Å². The molecule has 1 aliphatic rings. The molecule has 3 heterocycles. The Bertz CT molecular complexity index is 1110. The van der Waals surface area contributed by atoms with Crippen LogP contribution in [0.4, 0.5) is 0 Å². The molecule has 0 saturated carbocycles. The van der Waals surface area contributed by atoms with Crippen molar-refractivity contribution in [3.8, 4) is 0 Å². The second-order valence-corrected chi connectivity index (χ2v) is 9.33. The predicted octanol–water partition coefficient (Wildman–Crippen LogP) is 2.86. The number of piperidine rings is 1. The minimum atomic E-state index is -0.0132. The van der Waals surface area contributed by atoms with Crippen molar-refractivity contribution in [1.82, 2.24) is 29.4 Å². The molecule has 2 amide bonds. The quantitative estimate of drug-likeness (QED) is 0.541. The van der Waals surface area contributed by atoms with E-state index in [4.69, 9.17) is 0 Å². The lowest BCUT2D eigenvalue weighted by atomic mass is 9.84. The Morgan fingerprint density at radius 1 is 1.15 bits per heavy atom. The number of benzene rings is 1. The molecule has 34 heavy (non-hydrogen) atoms. The van der Waals surface area contributed by atoms with Crippen molar-refractivity contribution in [2.75, 3.05) is 20.1 Å². The highest BCUT2D eigenvalue weighted by Crippen LogP contribution is 2.28. The number of hydrogen-bond donors (Lipinski definition) is 0. The smallest absolute Gasteiger partial charge is 0.274 e. The van der Waals surface area contributed by atoms with Crippen LogP contribution < -0.4 is 0 Å². The van der Waals surface area contributed by atoms with E-state index in [0.717, 1.165) is 25.0 Å². The SMILES string of the molecule is Cc1ccccc1C[C@@H](C1CCN(C(=O)c2cc(C)n(C)n2)CC1)N(C)C(=O)Cn1cccn1. The standard InChI is InChI=1S/C26H34N6O2/c1-19-8-5-6-9-22(19)17-24(29(3)25(33)18-32-13-7-12-27-32)21-10-14-31(15-11-21)26(34)23-16-20(2)30(4)28-23/h5-9,12-13,16,21,24H,10-11,14-15,17-18H2,1-4H3/t24-/m0/s1. The number of rotatable bonds is 7. The van der Waals surface area contributed by atoms with E-state index < -0.39 is 0 Å². The second-order valence-electron chi connectivity index (χ2n) is 9.33. The summed E-state index contributed by atoms with van der Waals surface area (Å²) >= 11 is 0. The summed E-state index contributed by atoms with van der Waals surface area (Å²) in [6, 6.07) is 12.1. The summed E-state index contributed by atoms with van der Waals surface area (Å²) in [5, 5.41) is 8.55. The summed E-state index contributed by atoms with van der Waals surface area (Å²) in [7, 11) is 3.76. The summed E-state index contributed by atoms with van der Waals surface area (Å²) in [4.78, 5) is 29.9. The maximum Gasteiger partial charge on any atom is 0.274 e. The molecule has 1 fully saturated rings. The number of carbonyl (C=O) groups is 2. The van der Waals surface area contributed by atoms with E-state index in [1.54, 1.807) is 15.6 Å². The van der Waals surface area contributed by atoms with Gasteiger partial charge in [-0.1, -0.05) is 24.3 Å². The minimum absolute atomic E-state index is 0.0132. The first-order valence-corrected chi connectivity index (χ1v) is 11.9. The molecule has 3 aromatic rings. The molecule has 180 valence electrons. The molecule has 1 aliphatic heterocycles. The largest absolute Gasteiger partial charge is 0.341 e. The molecule has 1 saturated heterocycles. The Morgan fingerprint density at radius 3 is 2.50 bits per heavy atom. The van der Waals surface area contributed by atoms with Gasteiger partial charge in [0.2, 0.25) is 5.91 Å². The zero-order chi connectivity index (χ0) is 24.2. The third-order valence-electron chi connectivity index (χ3n) is 7.14. The fourth-order valence-electron chi connectivity index (χ4n) is 4.83. The Labute approximate surface area is 201 Å². The van der Waals surface area contributed by atoms with E-state index in [1.165, 1.54) is 11.1 Å². The van der Waals surface area contributed by atoms with Gasteiger partial charge in [0.15, 0.2) is 5.69 Å². The third-order valence-corrected chi connectivity index (χ3v) is 7.14. The van der Waals surface area contributed by atoms with Gasteiger partial charge in [0.05, 0.1) is 0 Å². The summed E-state index contributed by atoms with van der Waals surface area (Å²) in [6.45, 7) is 5.63. The Hall–Kier alpha value is -3.42. The third kappa shape index (κ3) is 5.21. The second kappa shape index (κ2) is 10.2. The van der Waals surface area contributed by atoms with Gasteiger partial charge in [-0.05, 0) is 62.3 Å². The molecule has 0 bridgehead atoms. The number of aromatic nitrogens is 4. The first kappa shape index (κ1) is 23.7. The highest BCUT2D eigenvalue weighted by molar-refractivity contribution is 5.92. The van der Waals surface area contributed by atoms with E-state index in [-0.39, 0.29) is 24.4 Å². The molecule has 8 heteroatoms. The lowest BCUT2D eigenvalue weighted by Gasteiger charge is -2.40. The molecular formula is C26H34N6O2. The van der Waals surface area contributed by atoms with Crippen LogP contribution >= 0.6 is 0 Å². The van der Waals surface area contributed by atoms with Gasteiger partial charge in [0, 0.05) is 51.3 Å². The molecule has 0 spiro atoms. The van der Waals surface area contributed by atoms with E-state index in [2.05, 4.69) is 35.3 Å². The number of amides is 2. The monoisotopic (exact) mass is 462 g/mol. The van der Waals surface area contributed by atoms with Crippen molar-refractivity contribution in [2.45, 2.75) is 45.7 Å². The van der Waals surface area contributed by atoms with Gasteiger partial charge in [-0.25, -0.2) is 0 Å². The maximum atomic E-state index is 13.2. The van der Waals surface area contributed by atoms with Crippen LogP contribution in [0.15, 0.2) is 48.8 Å². The fourth-order valence-corrected chi connectivity index (χ4v) is 4.83. The molecule has 1 aromatic carbocycles. The first-order valence-electron chi connectivity index (χ1n) is 11.9. The zero-order valence-corrected chi connectivity index (χ0v) is 20.5. The molecule has 0 aliphatic carbocycles. The number of hydrogen-bond acceptors (Lipinski definition) is 4. The number of carbonyl (C=O) groups excluding carboxylic acids is 2. The summed E-state index contributed by atoms with van der Waals surface area (Å²) in [5.74, 6) is 0.339. The molecule has 0 radical (unpaired) electrons. The van der Waals surface area contributed by atoms with Crippen LogP contribution in [0, 0.1) is 19.8 Å². The van der Waals surface area contributed by atoms with Crippen molar-refractivity contribution in [3.05, 3.63) is 71.3 Å². The van der Waals surface area contributed by atoms with Crippen molar-refractivity contribution >= 4 is 11.8 Å². The van der Waals surface area contributed by atoms with Crippen LogP contribution in [0.1, 0.15) is 40.2 Å². The molecule has 0 unspecified atom stereocenters. The van der Waals surface area contributed by atoms with Gasteiger partial charge in [-0.15, -0.1) is 0 Å². The number of nitrogens with zero attached hydrogens (tertiary/aromatic N) is 6. The van der Waals surface area contributed by atoms with Gasteiger partial charge in [-0.2, -0.15) is 10.2 Å². The molecule has 2 aromatic heterocycles. The summed E-state index contributed by atoms with van der Waals surface area (Å²) < 4.78 is 3.40. The van der Waals surface area contributed by atoms with Crippen LogP contribution in [0.2, 0.25) is 0 Å². The van der Waals surface area contributed by atoms with E-state index >= 15 is 0 Å². The average Bonchev–Trinajstić information content (AvgIpc) is 3.47. The molecule has 8 nitrogen and oxygen atoms in total. The fraction of sp³-hybridized carbons (Fsp3) is 0.462. The van der Waals surface area contributed by atoms with Crippen molar-refractivity contribution in [3.63, 3.8) is 0 Å². The van der Waals surface area contributed by atoms with Gasteiger partial charge in [-0.3, -0.25) is 19.0 Å². The Morgan fingerprint density at radius 2 is 1.88 bits per heavy atom. The average molecular weight is 463 g/mol. The van der Waals surface area contributed by atoms with Crippen molar-refractivity contribution in [2.24, 2.45) is 13.0 Å². The highest BCUT2D eigenvalue weighted by Gasteiger charge is 2.33. The topological polar surface area (TPSA) is 76.3 Å². The van der Waals surface area contributed by atoms with Crippen LogP contribution in [0.3, 0.4) is 0 Å². The minimum Gasteiger partial charge on any atom is -0.341 e. The van der Waals surface area contributed by atoms with Crippen LogP contribution in [-0.4, -0.2) is 67.4 Å². The lowest BCUT2D eigenvalue weighted by Crippen LogP contribution is -2.49. The van der Waals surface area contributed by atoms with Crippen LogP contribution in [-0.2, 0) is 24.8 Å². The van der Waals surface area contributed by atoms with Crippen LogP contribution in [0.5, 0.6) is 0 Å². The summed E-state index contributed by atoms with van der Waals surface area (Å²) in [5.41, 5.74) is 3.96. The van der Waals surface area contributed by atoms with E-state index in [0.29, 0.717) is 24.7 Å². The lowest BCUT2D eigenvalue weighted by molar-refractivity contribution is -0.134. The number of aryl methyl sites for hydroxylation is 3. The Kier molecular flexibility index (Phi) is 7.14. The van der Waals surface area contributed by atoms with Gasteiger partial charge < -0.3 is 9.80 Å². The first-order chi connectivity index (χ1) is 16.3. The normalized spacial score (nSPS) is 15.4. The molecular weight excluding hydrogens is 428 g/mol.